The second kappa shape index (κ2) is 11.5. The van der Waals surface area contributed by atoms with Crippen LogP contribution in [0.5, 0.6) is 17.2 Å². The summed E-state index contributed by atoms with van der Waals surface area (Å²) < 4.78 is 16.9. The molecular formula is C29H28Cl2N2O5. The van der Waals surface area contributed by atoms with Crippen LogP contribution in [0.2, 0.25) is 10.0 Å². The Labute approximate surface area is 231 Å². The summed E-state index contributed by atoms with van der Waals surface area (Å²) >= 11 is 12.6. The van der Waals surface area contributed by atoms with Gasteiger partial charge in [0.05, 0.1) is 24.2 Å². The molecule has 1 amide bonds. The summed E-state index contributed by atoms with van der Waals surface area (Å²) in [5.74, 6) is 0.632. The number of halogens is 2. The van der Waals surface area contributed by atoms with Crippen molar-refractivity contribution in [1.29, 1.82) is 0 Å². The molecule has 0 spiro atoms. The zero-order valence-electron chi connectivity index (χ0n) is 20.9. The molecule has 198 valence electrons. The Bertz CT molecular complexity index is 1330. The predicted molar refractivity (Wildman–Crippen MR) is 147 cm³/mol. The molecule has 1 saturated heterocycles. The van der Waals surface area contributed by atoms with Crippen LogP contribution in [0.15, 0.2) is 60.7 Å². The van der Waals surface area contributed by atoms with Crippen molar-refractivity contribution < 1.29 is 23.8 Å². The van der Waals surface area contributed by atoms with Crippen LogP contribution in [-0.2, 0) is 9.53 Å². The maximum absolute atomic E-state index is 12.8. The minimum atomic E-state index is -0.416. The van der Waals surface area contributed by atoms with Crippen molar-refractivity contribution in [3.63, 3.8) is 0 Å². The lowest BCUT2D eigenvalue weighted by atomic mass is 9.93. The second-order valence-electron chi connectivity index (χ2n) is 9.27. The maximum atomic E-state index is 12.8. The normalized spacial score (nSPS) is 18.3. The summed E-state index contributed by atoms with van der Waals surface area (Å²) in [5.41, 5.74) is 2.29. The number of rotatable bonds is 7. The average molecular weight is 555 g/mol. The lowest BCUT2D eigenvalue weighted by Crippen LogP contribution is -2.37. The molecule has 38 heavy (non-hydrogen) atoms. The summed E-state index contributed by atoms with van der Waals surface area (Å²) in [4.78, 5) is 27.4. The number of ether oxygens (including phenoxy) is 3. The Morgan fingerprint density at radius 3 is 2.66 bits per heavy atom. The van der Waals surface area contributed by atoms with Gasteiger partial charge in [0.2, 0.25) is 0 Å². The summed E-state index contributed by atoms with van der Waals surface area (Å²) in [6, 6.07) is 18.0. The third-order valence-corrected chi connectivity index (χ3v) is 7.25. The van der Waals surface area contributed by atoms with Crippen LogP contribution in [-0.4, -0.2) is 44.2 Å². The topological polar surface area (TPSA) is 77.1 Å². The molecule has 7 nitrogen and oxygen atoms in total. The molecular weight excluding hydrogens is 527 g/mol. The van der Waals surface area contributed by atoms with Crippen molar-refractivity contribution in [3.05, 3.63) is 81.8 Å². The fourth-order valence-electron chi connectivity index (χ4n) is 4.81. The summed E-state index contributed by atoms with van der Waals surface area (Å²) in [6.45, 7) is 4.07. The molecule has 0 radical (unpaired) electrons. The molecule has 0 aromatic heterocycles. The van der Waals surface area contributed by atoms with Gasteiger partial charge in [-0.3, -0.25) is 9.59 Å². The van der Waals surface area contributed by atoms with Crippen molar-refractivity contribution in [1.82, 2.24) is 5.32 Å². The van der Waals surface area contributed by atoms with Gasteiger partial charge in [-0.15, -0.1) is 0 Å². The fourth-order valence-corrected chi connectivity index (χ4v) is 5.21. The first-order valence-corrected chi connectivity index (χ1v) is 13.4. The van der Waals surface area contributed by atoms with E-state index in [4.69, 9.17) is 37.4 Å². The van der Waals surface area contributed by atoms with Gasteiger partial charge in [0.25, 0.3) is 5.91 Å². The first-order chi connectivity index (χ1) is 18.4. The van der Waals surface area contributed by atoms with E-state index in [0.29, 0.717) is 58.1 Å². The first-order valence-electron chi connectivity index (χ1n) is 12.6. The zero-order chi connectivity index (χ0) is 26.6. The van der Waals surface area contributed by atoms with E-state index < -0.39 is 5.92 Å². The molecule has 0 aliphatic carbocycles. The van der Waals surface area contributed by atoms with Gasteiger partial charge in [-0.2, -0.15) is 0 Å². The molecule has 2 aliphatic rings. The largest absolute Gasteiger partial charge is 0.493 e. The van der Waals surface area contributed by atoms with Crippen molar-refractivity contribution >= 4 is 40.8 Å². The molecule has 0 saturated carbocycles. The number of amides is 1. The van der Waals surface area contributed by atoms with Gasteiger partial charge in [0.15, 0.2) is 0 Å². The van der Waals surface area contributed by atoms with E-state index in [1.54, 1.807) is 43.3 Å². The van der Waals surface area contributed by atoms with Gasteiger partial charge in [0.1, 0.15) is 17.2 Å². The fraction of sp³-hybridized carbons (Fsp3) is 0.310. The van der Waals surface area contributed by atoms with E-state index in [1.165, 1.54) is 0 Å². The summed E-state index contributed by atoms with van der Waals surface area (Å²) in [7, 11) is 0. The minimum absolute atomic E-state index is 0.0464. The Kier molecular flexibility index (Phi) is 7.95. The molecule has 3 aromatic carbocycles. The number of fused-ring (bicyclic) bond motifs is 1. The second-order valence-corrected chi connectivity index (χ2v) is 10.1. The Hall–Kier alpha value is -3.42. The SMILES string of the molecule is CCOC(=O)C1CCOc2cc(Oc3ccc(C(=O)NC4CCN(c5cccc(Cl)c5)C4)cc3)c(Cl)cc21. The molecule has 1 N–H and O–H groups in total. The van der Waals surface area contributed by atoms with Gasteiger partial charge < -0.3 is 24.4 Å². The van der Waals surface area contributed by atoms with Gasteiger partial charge >= 0.3 is 5.97 Å². The standard InChI is InChI=1S/C29H28Cl2N2O5/c1-2-36-29(35)23-11-13-37-26-16-27(25(31)15-24(23)26)38-22-8-6-18(7-9-22)28(34)32-20-10-12-33(17-20)21-5-3-4-19(30)14-21/h3-9,14-16,20,23H,2,10-13,17H2,1H3,(H,32,34). The van der Waals surface area contributed by atoms with E-state index in [0.717, 1.165) is 25.2 Å². The number of nitrogens with zero attached hydrogens (tertiary/aromatic N) is 1. The Balaban J connectivity index is 1.21. The van der Waals surface area contributed by atoms with E-state index in [1.807, 2.05) is 24.3 Å². The van der Waals surface area contributed by atoms with E-state index in [-0.39, 0.29) is 17.9 Å². The summed E-state index contributed by atoms with van der Waals surface area (Å²) in [6.07, 6.45) is 1.39. The third kappa shape index (κ3) is 5.84. The average Bonchev–Trinajstić information content (AvgIpc) is 3.38. The molecule has 0 bridgehead atoms. The number of esters is 1. The lowest BCUT2D eigenvalue weighted by Gasteiger charge is -2.25. The van der Waals surface area contributed by atoms with Crippen LogP contribution < -0.4 is 19.7 Å². The number of anilines is 1. The van der Waals surface area contributed by atoms with Crippen LogP contribution in [0.4, 0.5) is 5.69 Å². The van der Waals surface area contributed by atoms with Gasteiger partial charge in [-0.1, -0.05) is 29.3 Å². The summed E-state index contributed by atoms with van der Waals surface area (Å²) in [5, 5.41) is 4.17. The Morgan fingerprint density at radius 2 is 1.89 bits per heavy atom. The number of benzene rings is 3. The zero-order valence-corrected chi connectivity index (χ0v) is 22.4. The smallest absolute Gasteiger partial charge is 0.313 e. The highest BCUT2D eigenvalue weighted by Crippen LogP contribution is 2.42. The van der Waals surface area contributed by atoms with Crippen LogP contribution >= 0.6 is 23.2 Å². The highest BCUT2D eigenvalue weighted by atomic mass is 35.5. The number of carbonyl (C=O) groups is 2. The number of carbonyl (C=O) groups excluding carboxylic acids is 2. The number of hydrogen-bond acceptors (Lipinski definition) is 6. The number of hydrogen-bond donors (Lipinski definition) is 1. The predicted octanol–water partition coefficient (Wildman–Crippen LogP) is 6.22. The quantitative estimate of drug-likeness (QED) is 0.349. The molecule has 3 aromatic rings. The van der Waals surface area contributed by atoms with Crippen molar-refractivity contribution in [2.45, 2.75) is 31.7 Å². The minimum Gasteiger partial charge on any atom is -0.493 e. The molecule has 2 atom stereocenters. The van der Waals surface area contributed by atoms with Crippen LogP contribution in [0, 0.1) is 0 Å². The molecule has 2 heterocycles. The highest BCUT2D eigenvalue weighted by Gasteiger charge is 2.30. The monoisotopic (exact) mass is 554 g/mol. The van der Waals surface area contributed by atoms with Crippen molar-refractivity contribution in [3.8, 4) is 17.2 Å². The Morgan fingerprint density at radius 1 is 1.08 bits per heavy atom. The molecule has 2 aliphatic heterocycles. The van der Waals surface area contributed by atoms with Crippen molar-refractivity contribution in [2.75, 3.05) is 31.2 Å². The maximum Gasteiger partial charge on any atom is 0.313 e. The van der Waals surface area contributed by atoms with Gasteiger partial charge in [-0.05, 0) is 68.3 Å². The molecule has 2 unspecified atom stereocenters. The van der Waals surface area contributed by atoms with E-state index in [2.05, 4.69) is 10.2 Å². The molecule has 5 rings (SSSR count). The van der Waals surface area contributed by atoms with E-state index in [9.17, 15) is 9.59 Å². The van der Waals surface area contributed by atoms with E-state index >= 15 is 0 Å². The lowest BCUT2D eigenvalue weighted by molar-refractivity contribution is -0.145. The van der Waals surface area contributed by atoms with Gasteiger partial charge in [-0.25, -0.2) is 0 Å². The first kappa shape index (κ1) is 26.2. The van der Waals surface area contributed by atoms with Gasteiger partial charge in [0, 0.05) is 47.0 Å². The van der Waals surface area contributed by atoms with Crippen LogP contribution in [0.3, 0.4) is 0 Å². The van der Waals surface area contributed by atoms with Crippen LogP contribution in [0.1, 0.15) is 41.6 Å². The van der Waals surface area contributed by atoms with Crippen molar-refractivity contribution in [2.24, 2.45) is 0 Å². The third-order valence-electron chi connectivity index (χ3n) is 6.72. The molecule has 1 fully saturated rings. The van der Waals surface area contributed by atoms with Crippen LogP contribution in [0.25, 0.3) is 0 Å². The highest BCUT2D eigenvalue weighted by molar-refractivity contribution is 6.32. The number of nitrogens with one attached hydrogen (secondary N) is 1. The molecule has 9 heteroatoms.